The fourth-order valence-corrected chi connectivity index (χ4v) is 3.46. The number of carbonyl (C=O) groups excluding carboxylic acids is 3. The average Bonchev–Trinajstić information content (AvgIpc) is 2.94. The van der Waals surface area contributed by atoms with E-state index in [0.717, 1.165) is 10.5 Å². The minimum atomic E-state index is -1.14. The summed E-state index contributed by atoms with van der Waals surface area (Å²) >= 11 is 0. The second-order valence-corrected chi connectivity index (χ2v) is 5.93. The number of carbonyl (C=O) groups is 3. The third-order valence-electron chi connectivity index (χ3n) is 4.57. The predicted octanol–water partition coefficient (Wildman–Crippen LogP) is 2.48. The van der Waals surface area contributed by atoms with Crippen LogP contribution in [0, 0.1) is 0 Å². The van der Waals surface area contributed by atoms with Crippen LogP contribution in [0.25, 0.3) is 0 Å². The van der Waals surface area contributed by atoms with E-state index >= 15 is 0 Å². The van der Waals surface area contributed by atoms with E-state index in [4.69, 9.17) is 0 Å². The van der Waals surface area contributed by atoms with Gasteiger partial charge in [-0.15, -0.1) is 0 Å². The number of fused-ring (bicyclic) bond motifs is 2. The first-order valence-corrected chi connectivity index (χ1v) is 7.15. The Labute approximate surface area is 127 Å². The summed E-state index contributed by atoms with van der Waals surface area (Å²) in [5.41, 5.74) is 1.08. The minimum absolute atomic E-state index is 0.169. The second kappa shape index (κ2) is 4.13. The molecule has 0 aromatic heterocycles. The number of imide groups is 1. The van der Waals surface area contributed by atoms with Crippen molar-refractivity contribution in [1.29, 1.82) is 0 Å². The molecule has 0 spiro atoms. The molecule has 2 aromatic carbocycles. The zero-order valence-electron chi connectivity index (χ0n) is 12.0. The maximum absolute atomic E-state index is 12.8. The summed E-state index contributed by atoms with van der Waals surface area (Å²) in [5, 5.41) is 0. The summed E-state index contributed by atoms with van der Waals surface area (Å²) < 4.78 is 0. The topological polar surface area (TPSA) is 54.5 Å². The second-order valence-electron chi connectivity index (χ2n) is 5.93. The summed E-state index contributed by atoms with van der Waals surface area (Å²) in [4.78, 5) is 39.2. The van der Waals surface area contributed by atoms with Gasteiger partial charge >= 0.3 is 0 Å². The maximum Gasteiger partial charge on any atom is 0.262 e. The number of amides is 2. The lowest BCUT2D eigenvalue weighted by molar-refractivity contribution is 0.0424. The van der Waals surface area contributed by atoms with E-state index in [0.29, 0.717) is 23.1 Å². The van der Waals surface area contributed by atoms with E-state index < -0.39 is 5.54 Å². The molecule has 4 rings (SSSR count). The SMILES string of the molecule is CC1(N2C(=O)c3ccccc3C2=O)Cc2ccccc2C1=O. The highest BCUT2D eigenvalue weighted by atomic mass is 16.2. The van der Waals surface area contributed by atoms with Crippen molar-refractivity contribution >= 4 is 17.6 Å². The summed E-state index contributed by atoms with van der Waals surface area (Å²) in [6, 6.07) is 14.0. The lowest BCUT2D eigenvalue weighted by Gasteiger charge is -2.31. The van der Waals surface area contributed by atoms with Crippen LogP contribution in [-0.4, -0.2) is 28.0 Å². The molecule has 22 heavy (non-hydrogen) atoms. The smallest absolute Gasteiger partial charge is 0.262 e. The standard InChI is InChI=1S/C18H13NO3/c1-18(10-11-6-2-3-7-12(11)15(18)20)19-16(21)13-8-4-5-9-14(13)17(19)22/h2-9H,10H2,1H3. The molecule has 108 valence electrons. The molecule has 1 aliphatic heterocycles. The van der Waals surface area contributed by atoms with Crippen LogP contribution in [0.15, 0.2) is 48.5 Å². The summed E-state index contributed by atoms with van der Waals surface area (Å²) in [6.07, 6.45) is 0.369. The summed E-state index contributed by atoms with van der Waals surface area (Å²) in [5.74, 6) is -0.939. The molecule has 4 heteroatoms. The van der Waals surface area contributed by atoms with Gasteiger partial charge in [-0.25, -0.2) is 0 Å². The van der Waals surface area contributed by atoms with Crippen LogP contribution in [0.3, 0.4) is 0 Å². The van der Waals surface area contributed by atoms with Crippen molar-refractivity contribution in [2.45, 2.75) is 18.9 Å². The number of benzene rings is 2. The Hall–Kier alpha value is -2.75. The zero-order valence-corrected chi connectivity index (χ0v) is 12.0. The summed E-state index contributed by atoms with van der Waals surface area (Å²) in [7, 11) is 0. The Morgan fingerprint density at radius 1 is 0.818 bits per heavy atom. The largest absolute Gasteiger partial charge is 0.291 e. The summed E-state index contributed by atoms with van der Waals surface area (Å²) in [6.45, 7) is 1.68. The van der Waals surface area contributed by atoms with E-state index in [9.17, 15) is 14.4 Å². The van der Waals surface area contributed by atoms with Crippen LogP contribution in [0.5, 0.6) is 0 Å². The van der Waals surface area contributed by atoms with E-state index in [1.54, 1.807) is 43.3 Å². The van der Waals surface area contributed by atoms with Crippen molar-refractivity contribution in [3.05, 3.63) is 70.8 Å². The van der Waals surface area contributed by atoms with E-state index in [2.05, 4.69) is 0 Å². The molecule has 0 bridgehead atoms. The third kappa shape index (κ3) is 1.44. The number of hydrogen-bond acceptors (Lipinski definition) is 3. The van der Waals surface area contributed by atoms with Crippen molar-refractivity contribution in [3.63, 3.8) is 0 Å². The maximum atomic E-state index is 12.8. The molecule has 2 amide bonds. The molecule has 0 saturated carbocycles. The predicted molar refractivity (Wildman–Crippen MR) is 79.8 cm³/mol. The van der Waals surface area contributed by atoms with Crippen LogP contribution in [0.2, 0.25) is 0 Å². The number of rotatable bonds is 1. The van der Waals surface area contributed by atoms with Gasteiger partial charge in [0.1, 0.15) is 5.54 Å². The Balaban J connectivity index is 1.83. The average molecular weight is 291 g/mol. The Morgan fingerprint density at radius 3 is 1.86 bits per heavy atom. The molecule has 2 aliphatic rings. The van der Waals surface area contributed by atoms with Gasteiger partial charge in [-0.05, 0) is 24.6 Å². The number of nitrogens with zero attached hydrogens (tertiary/aromatic N) is 1. The van der Waals surface area contributed by atoms with Gasteiger partial charge in [0.15, 0.2) is 5.78 Å². The van der Waals surface area contributed by atoms with Gasteiger partial charge in [-0.3, -0.25) is 19.3 Å². The number of Topliss-reactive ketones (excluding diaryl/α,β-unsaturated/α-hetero) is 1. The fourth-order valence-electron chi connectivity index (χ4n) is 3.46. The fraction of sp³-hybridized carbons (Fsp3) is 0.167. The van der Waals surface area contributed by atoms with Crippen LogP contribution >= 0.6 is 0 Å². The molecular formula is C18H13NO3. The van der Waals surface area contributed by atoms with Crippen molar-refractivity contribution in [3.8, 4) is 0 Å². The Morgan fingerprint density at radius 2 is 1.32 bits per heavy atom. The molecule has 1 atom stereocenters. The Bertz CT molecular complexity index is 820. The van der Waals surface area contributed by atoms with Crippen molar-refractivity contribution < 1.29 is 14.4 Å². The van der Waals surface area contributed by atoms with E-state index in [1.165, 1.54) is 0 Å². The molecule has 0 radical (unpaired) electrons. The minimum Gasteiger partial charge on any atom is -0.291 e. The van der Waals surface area contributed by atoms with Crippen molar-refractivity contribution in [1.82, 2.24) is 4.90 Å². The molecule has 0 N–H and O–H groups in total. The lowest BCUT2D eigenvalue weighted by atomic mass is 9.94. The van der Waals surface area contributed by atoms with E-state index in [1.807, 2.05) is 12.1 Å². The molecule has 0 saturated heterocycles. The van der Waals surface area contributed by atoms with Gasteiger partial charge in [0, 0.05) is 12.0 Å². The molecule has 0 fully saturated rings. The quantitative estimate of drug-likeness (QED) is 0.758. The van der Waals surface area contributed by atoms with Gasteiger partial charge in [0.2, 0.25) is 0 Å². The third-order valence-corrected chi connectivity index (χ3v) is 4.57. The number of ketones is 1. The van der Waals surface area contributed by atoms with Crippen molar-refractivity contribution in [2.75, 3.05) is 0 Å². The first-order valence-electron chi connectivity index (χ1n) is 7.15. The lowest BCUT2D eigenvalue weighted by Crippen LogP contribution is -2.53. The molecule has 2 aromatic rings. The molecular weight excluding hydrogens is 278 g/mol. The van der Waals surface area contributed by atoms with Gasteiger partial charge in [0.05, 0.1) is 11.1 Å². The molecule has 1 aliphatic carbocycles. The molecule has 1 heterocycles. The van der Waals surface area contributed by atoms with Gasteiger partial charge in [-0.1, -0.05) is 36.4 Å². The van der Waals surface area contributed by atoms with Crippen LogP contribution in [0.4, 0.5) is 0 Å². The zero-order chi connectivity index (χ0) is 15.5. The number of hydrogen-bond donors (Lipinski definition) is 0. The molecule has 4 nitrogen and oxygen atoms in total. The first kappa shape index (κ1) is 13.0. The van der Waals surface area contributed by atoms with Crippen LogP contribution < -0.4 is 0 Å². The normalized spacial score (nSPS) is 23.0. The highest BCUT2D eigenvalue weighted by Gasteiger charge is 2.53. The highest BCUT2D eigenvalue weighted by Crippen LogP contribution is 2.38. The van der Waals surface area contributed by atoms with Gasteiger partial charge < -0.3 is 0 Å². The first-order chi connectivity index (χ1) is 10.5. The van der Waals surface area contributed by atoms with Crippen molar-refractivity contribution in [2.24, 2.45) is 0 Å². The highest BCUT2D eigenvalue weighted by molar-refractivity contribution is 6.25. The van der Waals surface area contributed by atoms with Gasteiger partial charge in [0.25, 0.3) is 11.8 Å². The van der Waals surface area contributed by atoms with Gasteiger partial charge in [-0.2, -0.15) is 0 Å². The van der Waals surface area contributed by atoms with E-state index in [-0.39, 0.29) is 17.6 Å². The van der Waals surface area contributed by atoms with Crippen LogP contribution in [-0.2, 0) is 6.42 Å². The Kier molecular flexibility index (Phi) is 2.43. The van der Waals surface area contributed by atoms with Crippen LogP contribution in [0.1, 0.15) is 43.6 Å². The monoisotopic (exact) mass is 291 g/mol. The molecule has 1 unspecified atom stereocenters.